The topological polar surface area (TPSA) is 9.23 Å². The van der Waals surface area contributed by atoms with Crippen LogP contribution in [0.2, 0.25) is 0 Å². The van der Waals surface area contributed by atoms with Crippen LogP contribution in [0.25, 0.3) is 0 Å². The van der Waals surface area contributed by atoms with Gasteiger partial charge in [-0.2, -0.15) is 0 Å². The molecule has 1 nitrogen and oxygen atoms in total. The van der Waals surface area contributed by atoms with Gasteiger partial charge in [-0.05, 0) is 19.1 Å². The van der Waals surface area contributed by atoms with Crippen LogP contribution in [0.1, 0.15) is 18.9 Å². The highest BCUT2D eigenvalue weighted by molar-refractivity contribution is 5.27. The number of hydrogen-bond donors (Lipinski definition) is 0. The van der Waals surface area contributed by atoms with Gasteiger partial charge < -0.3 is 4.74 Å². The van der Waals surface area contributed by atoms with Crippen LogP contribution < -0.4 is 4.74 Å². The lowest BCUT2D eigenvalue weighted by Gasteiger charge is -1.95. The van der Waals surface area contributed by atoms with Gasteiger partial charge in [-0.1, -0.05) is 30.5 Å². The van der Waals surface area contributed by atoms with E-state index in [2.05, 4.69) is 12.0 Å². The molecule has 0 fully saturated rings. The fourth-order valence-corrected chi connectivity index (χ4v) is 0.773. The molecule has 1 heteroatoms. The van der Waals surface area contributed by atoms with Crippen molar-refractivity contribution in [3.63, 3.8) is 0 Å². The monoisotopic (exact) mass is 160 g/mol. The first-order valence-corrected chi connectivity index (χ1v) is 4.04. The van der Waals surface area contributed by atoms with E-state index < -0.39 is 0 Å². The normalized spacial score (nSPS) is 8.50. The van der Waals surface area contributed by atoms with Crippen molar-refractivity contribution in [1.29, 1.82) is 0 Å². The van der Waals surface area contributed by atoms with Gasteiger partial charge in [0.25, 0.3) is 0 Å². The van der Waals surface area contributed by atoms with E-state index in [-0.39, 0.29) is 0 Å². The molecule has 0 radical (unpaired) electrons. The van der Waals surface area contributed by atoms with Gasteiger partial charge in [0.2, 0.25) is 0 Å². The number of hydrogen-bond acceptors (Lipinski definition) is 1. The predicted molar refractivity (Wildman–Crippen MR) is 49.9 cm³/mol. The summed E-state index contributed by atoms with van der Waals surface area (Å²) in [7, 11) is 0. The summed E-state index contributed by atoms with van der Waals surface area (Å²) in [4.78, 5) is 0. The van der Waals surface area contributed by atoms with E-state index in [1.165, 1.54) is 5.56 Å². The summed E-state index contributed by atoms with van der Waals surface area (Å²) in [5, 5.41) is 0. The number of aryl methyl sites for hydroxylation is 1. The van der Waals surface area contributed by atoms with Crippen LogP contribution in [-0.4, -0.2) is 0 Å². The van der Waals surface area contributed by atoms with Crippen LogP contribution in [-0.2, 0) is 0 Å². The van der Waals surface area contributed by atoms with Crippen LogP contribution in [0.15, 0.2) is 24.3 Å². The standard InChI is InChI=1S/C11H12O/c1-3-4-9-12-11-7-5-10(2)6-8-11/h5-8H,3H2,1-2H3. The van der Waals surface area contributed by atoms with E-state index in [1.54, 1.807) is 0 Å². The Balaban J connectivity index is 2.59. The smallest absolute Gasteiger partial charge is 0.140 e. The van der Waals surface area contributed by atoms with E-state index >= 15 is 0 Å². The second kappa shape index (κ2) is 4.46. The molecular formula is C11H12O. The lowest BCUT2D eigenvalue weighted by atomic mass is 10.2. The summed E-state index contributed by atoms with van der Waals surface area (Å²) in [6.07, 6.45) is 3.45. The fourth-order valence-electron chi connectivity index (χ4n) is 0.773. The van der Waals surface area contributed by atoms with Gasteiger partial charge in [0.1, 0.15) is 11.9 Å². The zero-order valence-corrected chi connectivity index (χ0v) is 7.42. The first kappa shape index (κ1) is 8.67. The van der Waals surface area contributed by atoms with Crippen LogP contribution >= 0.6 is 0 Å². The minimum atomic E-state index is 0.807. The van der Waals surface area contributed by atoms with Gasteiger partial charge >= 0.3 is 0 Å². The summed E-state index contributed by atoms with van der Waals surface area (Å²) in [6.45, 7) is 4.03. The van der Waals surface area contributed by atoms with Crippen LogP contribution in [0.5, 0.6) is 5.75 Å². The quantitative estimate of drug-likeness (QED) is 0.574. The molecule has 0 spiro atoms. The first-order chi connectivity index (χ1) is 5.83. The van der Waals surface area contributed by atoms with E-state index in [0.717, 1.165) is 12.2 Å². The molecule has 0 atom stereocenters. The summed E-state index contributed by atoms with van der Waals surface area (Å²) in [5.74, 6) is 3.65. The van der Waals surface area contributed by atoms with Crippen LogP contribution in [0, 0.1) is 19.0 Å². The largest absolute Gasteiger partial charge is 0.408 e. The maximum Gasteiger partial charge on any atom is 0.140 e. The zero-order valence-electron chi connectivity index (χ0n) is 7.42. The van der Waals surface area contributed by atoms with Gasteiger partial charge in [0, 0.05) is 6.42 Å². The lowest BCUT2D eigenvalue weighted by Crippen LogP contribution is -1.81. The molecule has 1 aromatic carbocycles. The van der Waals surface area contributed by atoms with Crippen LogP contribution in [0.4, 0.5) is 0 Å². The third-order valence-electron chi connectivity index (χ3n) is 1.44. The average Bonchev–Trinajstić information content (AvgIpc) is 2.09. The highest BCUT2D eigenvalue weighted by Crippen LogP contribution is 2.10. The molecule has 1 rings (SSSR count). The van der Waals surface area contributed by atoms with Crippen molar-refractivity contribution in [3.8, 4) is 17.8 Å². The van der Waals surface area contributed by atoms with Crippen LogP contribution in [0.3, 0.4) is 0 Å². The molecular weight excluding hydrogens is 148 g/mol. The van der Waals surface area contributed by atoms with Gasteiger partial charge in [-0.3, -0.25) is 0 Å². The van der Waals surface area contributed by atoms with Crippen molar-refractivity contribution < 1.29 is 4.74 Å². The molecule has 0 aliphatic carbocycles. The maximum atomic E-state index is 5.14. The Labute approximate surface area is 73.4 Å². The minimum Gasteiger partial charge on any atom is -0.408 e. The molecule has 0 aromatic heterocycles. The zero-order chi connectivity index (χ0) is 8.81. The molecule has 0 heterocycles. The summed E-state index contributed by atoms with van der Waals surface area (Å²) in [5.41, 5.74) is 1.23. The highest BCUT2D eigenvalue weighted by atomic mass is 16.5. The first-order valence-electron chi connectivity index (χ1n) is 4.04. The highest BCUT2D eigenvalue weighted by Gasteiger charge is 1.88. The second-order valence-electron chi connectivity index (χ2n) is 2.55. The molecule has 0 aliphatic heterocycles. The average molecular weight is 160 g/mol. The summed E-state index contributed by atoms with van der Waals surface area (Å²) in [6, 6.07) is 7.84. The summed E-state index contributed by atoms with van der Waals surface area (Å²) >= 11 is 0. The van der Waals surface area contributed by atoms with Crippen molar-refractivity contribution in [3.05, 3.63) is 29.8 Å². The minimum absolute atomic E-state index is 0.807. The van der Waals surface area contributed by atoms with E-state index in [4.69, 9.17) is 4.74 Å². The van der Waals surface area contributed by atoms with E-state index in [1.807, 2.05) is 38.1 Å². The molecule has 0 unspecified atom stereocenters. The Bertz CT molecular complexity index is 287. The van der Waals surface area contributed by atoms with Crippen molar-refractivity contribution >= 4 is 0 Å². The Hall–Kier alpha value is -1.42. The van der Waals surface area contributed by atoms with Gasteiger partial charge in [-0.15, -0.1) is 0 Å². The number of rotatable bonds is 1. The van der Waals surface area contributed by atoms with E-state index in [0.29, 0.717) is 0 Å². The Kier molecular flexibility index (Phi) is 3.22. The van der Waals surface area contributed by atoms with Gasteiger partial charge in [0.15, 0.2) is 0 Å². The molecule has 0 amide bonds. The second-order valence-corrected chi connectivity index (χ2v) is 2.55. The van der Waals surface area contributed by atoms with Crippen molar-refractivity contribution in [2.75, 3.05) is 0 Å². The van der Waals surface area contributed by atoms with Crippen molar-refractivity contribution in [2.24, 2.45) is 0 Å². The fraction of sp³-hybridized carbons (Fsp3) is 0.273. The van der Waals surface area contributed by atoms with Crippen molar-refractivity contribution in [2.45, 2.75) is 20.3 Å². The van der Waals surface area contributed by atoms with Gasteiger partial charge in [0.05, 0.1) is 0 Å². The Morgan fingerprint density at radius 1 is 1.25 bits per heavy atom. The number of ether oxygens (including phenoxy) is 1. The van der Waals surface area contributed by atoms with E-state index in [9.17, 15) is 0 Å². The van der Waals surface area contributed by atoms with Gasteiger partial charge in [-0.25, -0.2) is 0 Å². The third-order valence-corrected chi connectivity index (χ3v) is 1.44. The molecule has 12 heavy (non-hydrogen) atoms. The van der Waals surface area contributed by atoms with Crippen molar-refractivity contribution in [1.82, 2.24) is 0 Å². The molecule has 0 saturated carbocycles. The summed E-state index contributed by atoms with van der Waals surface area (Å²) < 4.78 is 5.14. The molecule has 0 N–H and O–H groups in total. The Morgan fingerprint density at radius 3 is 2.50 bits per heavy atom. The molecule has 1 aromatic rings. The lowest BCUT2D eigenvalue weighted by molar-refractivity contribution is 0.519. The maximum absolute atomic E-state index is 5.14. The Morgan fingerprint density at radius 2 is 1.92 bits per heavy atom. The third kappa shape index (κ3) is 2.67. The molecule has 0 aliphatic rings. The molecule has 0 bridgehead atoms. The number of benzene rings is 1. The SMILES string of the molecule is CCC#COc1ccc(C)cc1. The predicted octanol–water partition coefficient (Wildman–Crippen LogP) is 2.74. The molecule has 0 saturated heterocycles. The molecule has 62 valence electrons.